The van der Waals surface area contributed by atoms with Gasteiger partial charge in [0.15, 0.2) is 0 Å². The van der Waals surface area contributed by atoms with E-state index in [1.54, 1.807) is 0 Å². The minimum absolute atomic E-state index is 0.00299. The molecule has 2 unspecified atom stereocenters. The van der Waals surface area contributed by atoms with Crippen molar-refractivity contribution in [3.05, 3.63) is 0 Å². The number of hydrogen-bond donors (Lipinski definition) is 2. The summed E-state index contributed by atoms with van der Waals surface area (Å²) in [6.45, 7) is 7.45. The lowest BCUT2D eigenvalue weighted by Gasteiger charge is -2.28. The molecule has 6 heteroatoms. The average molecular weight is 299 g/mol. The number of rotatable bonds is 6. The molecule has 0 saturated carbocycles. The van der Waals surface area contributed by atoms with E-state index in [-0.39, 0.29) is 18.5 Å². The third kappa shape index (κ3) is 6.80. The van der Waals surface area contributed by atoms with Crippen LogP contribution in [0.15, 0.2) is 0 Å². The molecule has 0 bridgehead atoms. The van der Waals surface area contributed by atoms with Crippen LogP contribution in [0.1, 0.15) is 39.5 Å². The maximum atomic E-state index is 12.2. The maximum Gasteiger partial charge on any atom is 0.317 e. The van der Waals surface area contributed by atoms with Gasteiger partial charge in [0, 0.05) is 32.1 Å². The Morgan fingerprint density at radius 3 is 2.71 bits per heavy atom. The molecule has 2 atom stereocenters. The van der Waals surface area contributed by atoms with Crippen molar-refractivity contribution in [2.45, 2.75) is 45.6 Å². The Morgan fingerprint density at radius 2 is 2.05 bits per heavy atom. The fraction of sp³-hybridized carbons (Fsp3) is 0.867. The van der Waals surface area contributed by atoms with Crippen LogP contribution in [-0.2, 0) is 4.79 Å². The fourth-order valence-corrected chi connectivity index (χ4v) is 2.72. The monoisotopic (exact) mass is 299 g/mol. The van der Waals surface area contributed by atoms with Crippen LogP contribution in [-0.4, -0.2) is 66.2 Å². The van der Waals surface area contributed by atoms with Crippen LogP contribution in [0.5, 0.6) is 0 Å². The standard InChI is InChI=1S/C15H29N3O3/c1-12(5-6-14(19)20)7-8-16-15(21)18-10-4-9-17(3)11-13(18)2/h12-13H,4-11H2,1-3H3,(H,16,21)(H,19,20). The molecule has 0 aromatic heterocycles. The second-order valence-electron chi connectivity index (χ2n) is 6.22. The summed E-state index contributed by atoms with van der Waals surface area (Å²) in [5.41, 5.74) is 0. The first-order valence-electron chi connectivity index (χ1n) is 7.85. The number of nitrogens with zero attached hydrogens (tertiary/aromatic N) is 2. The molecular weight excluding hydrogens is 270 g/mol. The predicted molar refractivity (Wildman–Crippen MR) is 82.3 cm³/mol. The molecule has 1 aliphatic heterocycles. The largest absolute Gasteiger partial charge is 0.481 e. The zero-order valence-corrected chi connectivity index (χ0v) is 13.5. The van der Waals surface area contributed by atoms with Gasteiger partial charge in [-0.15, -0.1) is 0 Å². The van der Waals surface area contributed by atoms with Gasteiger partial charge in [-0.2, -0.15) is 0 Å². The van der Waals surface area contributed by atoms with Gasteiger partial charge in [-0.25, -0.2) is 4.79 Å². The molecule has 122 valence electrons. The molecule has 0 radical (unpaired) electrons. The Hall–Kier alpha value is -1.30. The van der Waals surface area contributed by atoms with Crippen molar-refractivity contribution in [3.63, 3.8) is 0 Å². The molecule has 1 fully saturated rings. The van der Waals surface area contributed by atoms with E-state index in [2.05, 4.69) is 24.2 Å². The molecule has 0 aliphatic carbocycles. The zero-order chi connectivity index (χ0) is 15.8. The summed E-state index contributed by atoms with van der Waals surface area (Å²) in [7, 11) is 2.09. The fourth-order valence-electron chi connectivity index (χ4n) is 2.72. The summed E-state index contributed by atoms with van der Waals surface area (Å²) < 4.78 is 0. The van der Waals surface area contributed by atoms with Crippen LogP contribution < -0.4 is 5.32 Å². The van der Waals surface area contributed by atoms with Crippen LogP contribution in [0.2, 0.25) is 0 Å². The SMILES string of the molecule is CC(CCNC(=O)N1CCCN(C)CC1C)CCC(=O)O. The molecule has 0 spiro atoms. The van der Waals surface area contributed by atoms with Crippen LogP contribution in [0.3, 0.4) is 0 Å². The number of likely N-dealkylation sites (N-methyl/N-ethyl adjacent to an activating group) is 1. The summed E-state index contributed by atoms with van der Waals surface area (Å²) in [4.78, 5) is 26.9. The van der Waals surface area contributed by atoms with E-state index >= 15 is 0 Å². The van der Waals surface area contributed by atoms with Crippen molar-refractivity contribution >= 4 is 12.0 Å². The molecular formula is C15H29N3O3. The van der Waals surface area contributed by atoms with Gasteiger partial charge in [0.05, 0.1) is 0 Å². The average Bonchev–Trinajstić information content (AvgIpc) is 2.56. The second kappa shape index (κ2) is 8.87. The van der Waals surface area contributed by atoms with Gasteiger partial charge >= 0.3 is 12.0 Å². The minimum Gasteiger partial charge on any atom is -0.481 e. The summed E-state index contributed by atoms with van der Waals surface area (Å²) in [5.74, 6) is -0.442. The minimum atomic E-state index is -0.756. The number of carboxylic acid groups (broad SMARTS) is 1. The lowest BCUT2D eigenvalue weighted by Crippen LogP contribution is -2.47. The van der Waals surface area contributed by atoms with Gasteiger partial charge in [-0.05, 0) is 45.7 Å². The normalized spacial score (nSPS) is 21.7. The van der Waals surface area contributed by atoms with E-state index in [1.807, 2.05) is 11.8 Å². The molecule has 0 aromatic carbocycles. The summed E-state index contributed by atoms with van der Waals surface area (Å²) >= 11 is 0. The van der Waals surface area contributed by atoms with Crippen molar-refractivity contribution in [1.29, 1.82) is 0 Å². The van der Waals surface area contributed by atoms with Gasteiger partial charge in [-0.3, -0.25) is 4.79 Å². The molecule has 1 heterocycles. The van der Waals surface area contributed by atoms with Gasteiger partial charge < -0.3 is 20.2 Å². The maximum absolute atomic E-state index is 12.2. The number of urea groups is 1. The lowest BCUT2D eigenvalue weighted by molar-refractivity contribution is -0.137. The van der Waals surface area contributed by atoms with Crippen molar-refractivity contribution in [1.82, 2.24) is 15.1 Å². The molecule has 1 saturated heterocycles. The van der Waals surface area contributed by atoms with Crippen molar-refractivity contribution in [2.24, 2.45) is 5.92 Å². The number of amides is 2. The first kappa shape index (κ1) is 17.8. The van der Waals surface area contributed by atoms with E-state index < -0.39 is 5.97 Å². The van der Waals surface area contributed by atoms with Gasteiger partial charge in [0.1, 0.15) is 0 Å². The van der Waals surface area contributed by atoms with E-state index in [0.29, 0.717) is 18.9 Å². The Morgan fingerprint density at radius 1 is 1.33 bits per heavy atom. The highest BCUT2D eigenvalue weighted by Crippen LogP contribution is 2.11. The van der Waals surface area contributed by atoms with E-state index in [0.717, 1.165) is 32.5 Å². The van der Waals surface area contributed by atoms with Gasteiger partial charge in [0.25, 0.3) is 0 Å². The van der Waals surface area contributed by atoms with Gasteiger partial charge in [-0.1, -0.05) is 6.92 Å². The Labute approximate surface area is 127 Å². The van der Waals surface area contributed by atoms with Crippen LogP contribution in [0, 0.1) is 5.92 Å². The third-order valence-corrected chi connectivity index (χ3v) is 4.07. The molecule has 1 rings (SSSR count). The lowest BCUT2D eigenvalue weighted by atomic mass is 10.0. The molecule has 6 nitrogen and oxygen atoms in total. The van der Waals surface area contributed by atoms with Crippen LogP contribution >= 0.6 is 0 Å². The van der Waals surface area contributed by atoms with Crippen molar-refractivity contribution < 1.29 is 14.7 Å². The van der Waals surface area contributed by atoms with E-state index in [9.17, 15) is 9.59 Å². The van der Waals surface area contributed by atoms with Crippen LogP contribution in [0.25, 0.3) is 0 Å². The molecule has 2 amide bonds. The highest BCUT2D eigenvalue weighted by atomic mass is 16.4. The smallest absolute Gasteiger partial charge is 0.317 e. The zero-order valence-electron chi connectivity index (χ0n) is 13.5. The van der Waals surface area contributed by atoms with Crippen molar-refractivity contribution in [2.75, 3.05) is 33.2 Å². The topological polar surface area (TPSA) is 72.9 Å². The summed E-state index contributed by atoms with van der Waals surface area (Å²) in [5, 5.41) is 11.6. The summed E-state index contributed by atoms with van der Waals surface area (Å²) in [6.07, 6.45) is 2.69. The number of carbonyl (C=O) groups excluding carboxylic acids is 1. The first-order chi connectivity index (χ1) is 9.90. The third-order valence-electron chi connectivity index (χ3n) is 4.07. The first-order valence-corrected chi connectivity index (χ1v) is 7.85. The molecule has 2 N–H and O–H groups in total. The molecule has 1 aliphatic rings. The highest BCUT2D eigenvalue weighted by molar-refractivity contribution is 5.74. The summed E-state index contributed by atoms with van der Waals surface area (Å²) in [6, 6.07) is 0.227. The Kier molecular flexibility index (Phi) is 7.50. The predicted octanol–water partition coefficient (Wildman–Crippen LogP) is 1.61. The van der Waals surface area contributed by atoms with E-state index in [1.165, 1.54) is 0 Å². The Balaban J connectivity index is 2.27. The van der Waals surface area contributed by atoms with Crippen molar-refractivity contribution in [3.8, 4) is 0 Å². The second-order valence-corrected chi connectivity index (χ2v) is 6.22. The molecule has 21 heavy (non-hydrogen) atoms. The highest BCUT2D eigenvalue weighted by Gasteiger charge is 2.23. The van der Waals surface area contributed by atoms with Crippen LogP contribution in [0.4, 0.5) is 4.79 Å². The quantitative estimate of drug-likeness (QED) is 0.781. The van der Waals surface area contributed by atoms with E-state index in [4.69, 9.17) is 5.11 Å². The number of aliphatic carboxylic acids is 1. The number of hydrogen-bond acceptors (Lipinski definition) is 3. The van der Waals surface area contributed by atoms with Gasteiger partial charge in [0.2, 0.25) is 0 Å². The molecule has 0 aromatic rings. The number of carboxylic acids is 1. The Bertz CT molecular complexity index is 349. The number of carbonyl (C=O) groups is 2. The number of nitrogens with one attached hydrogen (secondary N) is 1.